The maximum absolute atomic E-state index is 11.1. The number of rotatable bonds is 2. The molecule has 0 fully saturated rings. The SMILES string of the molecule is NC(=O)c1cnn(-c2cc3[nH]c(=O)oc3cc2N)c1. The molecule has 1 amide bonds. The highest BCUT2D eigenvalue weighted by molar-refractivity contribution is 5.92. The lowest BCUT2D eigenvalue weighted by atomic mass is 10.2. The number of aromatic amines is 1. The second kappa shape index (κ2) is 3.73. The van der Waals surface area contributed by atoms with Gasteiger partial charge in [-0.2, -0.15) is 5.10 Å². The van der Waals surface area contributed by atoms with Crippen molar-refractivity contribution in [3.8, 4) is 5.69 Å². The van der Waals surface area contributed by atoms with Gasteiger partial charge in [-0.15, -0.1) is 0 Å². The zero-order chi connectivity index (χ0) is 13.6. The van der Waals surface area contributed by atoms with Gasteiger partial charge in [0, 0.05) is 12.3 Å². The number of nitrogens with zero attached hydrogens (tertiary/aromatic N) is 2. The molecule has 0 atom stereocenters. The molecule has 0 bridgehead atoms. The monoisotopic (exact) mass is 259 g/mol. The molecule has 0 radical (unpaired) electrons. The first-order valence-corrected chi connectivity index (χ1v) is 5.32. The van der Waals surface area contributed by atoms with E-state index in [0.29, 0.717) is 22.5 Å². The number of amides is 1. The molecule has 0 aliphatic rings. The van der Waals surface area contributed by atoms with Gasteiger partial charge in [-0.1, -0.05) is 0 Å². The zero-order valence-electron chi connectivity index (χ0n) is 9.58. The Bertz CT molecular complexity index is 842. The second-order valence-electron chi connectivity index (χ2n) is 3.96. The number of nitrogens with two attached hydrogens (primary N) is 2. The summed E-state index contributed by atoms with van der Waals surface area (Å²) in [4.78, 5) is 24.6. The smallest absolute Gasteiger partial charge is 0.408 e. The molecule has 5 N–H and O–H groups in total. The number of oxazole rings is 1. The van der Waals surface area contributed by atoms with Crippen LogP contribution in [-0.4, -0.2) is 20.7 Å². The van der Waals surface area contributed by atoms with Crippen molar-refractivity contribution in [2.24, 2.45) is 5.73 Å². The van der Waals surface area contributed by atoms with E-state index in [1.165, 1.54) is 23.1 Å². The van der Waals surface area contributed by atoms with E-state index in [2.05, 4.69) is 10.1 Å². The third-order valence-electron chi connectivity index (χ3n) is 2.68. The predicted octanol–water partition coefficient (Wildman–Crippen LogP) is -0.0121. The van der Waals surface area contributed by atoms with Crippen LogP contribution in [0.4, 0.5) is 5.69 Å². The van der Waals surface area contributed by atoms with E-state index in [4.69, 9.17) is 15.9 Å². The quantitative estimate of drug-likeness (QED) is 0.556. The fourth-order valence-corrected chi connectivity index (χ4v) is 1.78. The number of anilines is 1. The largest absolute Gasteiger partial charge is 0.417 e. The number of benzene rings is 1. The van der Waals surface area contributed by atoms with Crippen LogP contribution in [0.2, 0.25) is 0 Å². The molecule has 0 saturated heterocycles. The second-order valence-corrected chi connectivity index (χ2v) is 3.96. The molecule has 3 rings (SSSR count). The van der Waals surface area contributed by atoms with Crippen LogP contribution in [0, 0.1) is 0 Å². The molecule has 0 saturated carbocycles. The maximum atomic E-state index is 11.1. The maximum Gasteiger partial charge on any atom is 0.417 e. The number of primary amides is 1. The van der Waals surface area contributed by atoms with Crippen molar-refractivity contribution in [2.45, 2.75) is 0 Å². The summed E-state index contributed by atoms with van der Waals surface area (Å²) in [5.41, 5.74) is 13.0. The molecule has 19 heavy (non-hydrogen) atoms. The molecule has 3 aromatic rings. The Labute approximate surface area is 105 Å². The molecule has 0 aliphatic heterocycles. The lowest BCUT2D eigenvalue weighted by Gasteiger charge is -2.04. The van der Waals surface area contributed by atoms with Gasteiger partial charge in [0.15, 0.2) is 5.58 Å². The van der Waals surface area contributed by atoms with Crippen molar-refractivity contribution in [1.82, 2.24) is 14.8 Å². The van der Waals surface area contributed by atoms with Crippen molar-refractivity contribution < 1.29 is 9.21 Å². The fraction of sp³-hybridized carbons (Fsp3) is 0. The molecule has 0 aliphatic carbocycles. The Kier molecular flexibility index (Phi) is 2.18. The lowest BCUT2D eigenvalue weighted by Crippen LogP contribution is -2.09. The number of fused-ring (bicyclic) bond motifs is 1. The van der Waals surface area contributed by atoms with Crippen LogP contribution in [0.15, 0.2) is 33.7 Å². The van der Waals surface area contributed by atoms with Crippen LogP contribution in [0.3, 0.4) is 0 Å². The zero-order valence-corrected chi connectivity index (χ0v) is 9.58. The summed E-state index contributed by atoms with van der Waals surface area (Å²) in [6.45, 7) is 0. The van der Waals surface area contributed by atoms with Gasteiger partial charge in [-0.25, -0.2) is 9.48 Å². The fourth-order valence-electron chi connectivity index (χ4n) is 1.78. The minimum atomic E-state index is -0.581. The highest BCUT2D eigenvalue weighted by Crippen LogP contribution is 2.23. The molecule has 2 aromatic heterocycles. The van der Waals surface area contributed by atoms with Crippen LogP contribution >= 0.6 is 0 Å². The van der Waals surface area contributed by atoms with Crippen molar-refractivity contribution in [3.05, 3.63) is 40.6 Å². The van der Waals surface area contributed by atoms with Crippen molar-refractivity contribution >= 4 is 22.7 Å². The van der Waals surface area contributed by atoms with Crippen molar-refractivity contribution in [1.29, 1.82) is 0 Å². The first-order valence-electron chi connectivity index (χ1n) is 5.32. The summed E-state index contributed by atoms with van der Waals surface area (Å²) in [6.07, 6.45) is 2.79. The number of carbonyl (C=O) groups is 1. The average Bonchev–Trinajstić information content (AvgIpc) is 2.92. The summed E-state index contributed by atoms with van der Waals surface area (Å²) in [5.74, 6) is -1.15. The van der Waals surface area contributed by atoms with Gasteiger partial charge in [0.1, 0.15) is 0 Å². The minimum absolute atomic E-state index is 0.264. The number of hydrogen-bond donors (Lipinski definition) is 3. The highest BCUT2D eigenvalue weighted by atomic mass is 16.4. The number of hydrogen-bond acceptors (Lipinski definition) is 5. The molecule has 0 spiro atoms. The molecule has 8 heteroatoms. The van der Waals surface area contributed by atoms with E-state index in [-0.39, 0.29) is 5.56 Å². The number of carbonyl (C=O) groups excluding carboxylic acids is 1. The van der Waals surface area contributed by atoms with Crippen LogP contribution in [0.1, 0.15) is 10.4 Å². The first kappa shape index (κ1) is 11.1. The lowest BCUT2D eigenvalue weighted by molar-refractivity contribution is 0.100. The Morgan fingerprint density at radius 3 is 2.89 bits per heavy atom. The van der Waals surface area contributed by atoms with E-state index in [1.807, 2.05) is 0 Å². The average molecular weight is 259 g/mol. The summed E-state index contributed by atoms with van der Waals surface area (Å²) in [6, 6.07) is 3.11. The van der Waals surface area contributed by atoms with Gasteiger partial charge in [0.05, 0.1) is 28.7 Å². The Morgan fingerprint density at radius 2 is 2.21 bits per heavy atom. The molecular formula is C11H9N5O3. The molecule has 8 nitrogen and oxygen atoms in total. The topological polar surface area (TPSA) is 133 Å². The number of nitrogens with one attached hydrogen (secondary N) is 1. The van der Waals surface area contributed by atoms with Gasteiger partial charge < -0.3 is 15.9 Å². The third kappa shape index (κ3) is 1.75. The summed E-state index contributed by atoms with van der Waals surface area (Å²) in [5, 5.41) is 4.00. The molecule has 2 heterocycles. The summed E-state index contributed by atoms with van der Waals surface area (Å²) in [7, 11) is 0. The van der Waals surface area contributed by atoms with Gasteiger partial charge in [0.2, 0.25) is 0 Å². The Hall–Kier alpha value is -3.03. The van der Waals surface area contributed by atoms with E-state index < -0.39 is 11.7 Å². The number of aromatic nitrogens is 3. The van der Waals surface area contributed by atoms with Crippen molar-refractivity contribution in [2.75, 3.05) is 5.73 Å². The van der Waals surface area contributed by atoms with Crippen LogP contribution in [0.25, 0.3) is 16.8 Å². The predicted molar refractivity (Wildman–Crippen MR) is 66.9 cm³/mol. The van der Waals surface area contributed by atoms with Crippen LogP contribution in [0.5, 0.6) is 0 Å². The van der Waals surface area contributed by atoms with E-state index in [0.717, 1.165) is 0 Å². The summed E-state index contributed by atoms with van der Waals surface area (Å²) >= 11 is 0. The Morgan fingerprint density at radius 1 is 1.42 bits per heavy atom. The van der Waals surface area contributed by atoms with Crippen LogP contribution in [-0.2, 0) is 0 Å². The van der Waals surface area contributed by atoms with Crippen molar-refractivity contribution in [3.63, 3.8) is 0 Å². The normalized spacial score (nSPS) is 10.9. The minimum Gasteiger partial charge on any atom is -0.408 e. The van der Waals surface area contributed by atoms with Gasteiger partial charge >= 0.3 is 5.76 Å². The van der Waals surface area contributed by atoms with E-state index in [1.54, 1.807) is 6.07 Å². The standard InChI is InChI=1S/C11H9N5O3/c12-6-1-9-7(15-11(18)19-9)2-8(6)16-4-5(3-14-16)10(13)17/h1-4H,12H2,(H2,13,17)(H,15,18). The van der Waals surface area contributed by atoms with Crippen LogP contribution < -0.4 is 17.2 Å². The number of nitrogen functional groups attached to an aromatic ring is 1. The Balaban J connectivity index is 2.20. The molecule has 0 unspecified atom stereocenters. The van der Waals surface area contributed by atoms with Gasteiger partial charge in [-0.3, -0.25) is 9.78 Å². The highest BCUT2D eigenvalue weighted by Gasteiger charge is 2.11. The van der Waals surface area contributed by atoms with E-state index in [9.17, 15) is 9.59 Å². The molecule has 96 valence electrons. The summed E-state index contributed by atoms with van der Waals surface area (Å²) < 4.78 is 6.29. The van der Waals surface area contributed by atoms with E-state index >= 15 is 0 Å². The first-order chi connectivity index (χ1) is 9.04. The number of H-pyrrole nitrogens is 1. The van der Waals surface area contributed by atoms with Gasteiger partial charge in [-0.05, 0) is 6.07 Å². The third-order valence-corrected chi connectivity index (χ3v) is 2.68. The molecule has 1 aromatic carbocycles. The molecular weight excluding hydrogens is 250 g/mol. The van der Waals surface area contributed by atoms with Gasteiger partial charge in [0.25, 0.3) is 5.91 Å².